The fourth-order valence-electron chi connectivity index (χ4n) is 2.13. The maximum Gasteiger partial charge on any atom is 0.169 e. The van der Waals surface area contributed by atoms with Crippen molar-refractivity contribution in [2.75, 3.05) is 6.54 Å². The van der Waals surface area contributed by atoms with E-state index in [1.54, 1.807) is 0 Å². The molecule has 0 aromatic heterocycles. The lowest BCUT2D eigenvalue weighted by Crippen LogP contribution is -2.25. The Balaban J connectivity index is 2.16. The molecule has 1 heterocycles. The average molecular weight is 239 g/mol. The zero-order valence-electron chi connectivity index (χ0n) is 9.72. The lowest BCUT2D eigenvalue weighted by molar-refractivity contribution is 0.0966. The summed E-state index contributed by atoms with van der Waals surface area (Å²) in [7, 11) is 0. The molecular formula is C13H15F2NO. The number of halogens is 2. The Morgan fingerprint density at radius 2 is 2.18 bits per heavy atom. The highest BCUT2D eigenvalue weighted by molar-refractivity contribution is 5.96. The second-order valence-electron chi connectivity index (χ2n) is 4.48. The number of nitrogens with one attached hydrogen (secondary N) is 1. The molecule has 0 bridgehead atoms. The second kappa shape index (κ2) is 4.92. The van der Waals surface area contributed by atoms with Crippen molar-refractivity contribution in [1.29, 1.82) is 0 Å². The molecule has 0 spiro atoms. The quantitative estimate of drug-likeness (QED) is 0.821. The van der Waals surface area contributed by atoms with Crippen LogP contribution in [-0.4, -0.2) is 18.4 Å². The van der Waals surface area contributed by atoms with Crippen molar-refractivity contribution in [2.45, 2.75) is 32.2 Å². The van der Waals surface area contributed by atoms with E-state index < -0.39 is 11.6 Å². The van der Waals surface area contributed by atoms with Crippen LogP contribution < -0.4 is 5.32 Å². The molecule has 1 atom stereocenters. The van der Waals surface area contributed by atoms with Crippen molar-refractivity contribution < 1.29 is 13.6 Å². The predicted octanol–water partition coefficient (Wildman–Crippen LogP) is 2.60. The van der Waals surface area contributed by atoms with E-state index in [1.165, 1.54) is 19.1 Å². The van der Waals surface area contributed by atoms with Gasteiger partial charge < -0.3 is 5.32 Å². The van der Waals surface area contributed by atoms with E-state index in [0.717, 1.165) is 19.4 Å². The molecule has 1 saturated heterocycles. The summed E-state index contributed by atoms with van der Waals surface area (Å²) < 4.78 is 26.9. The van der Waals surface area contributed by atoms with Crippen molar-refractivity contribution in [3.8, 4) is 0 Å². The Morgan fingerprint density at radius 1 is 1.41 bits per heavy atom. The molecular weight excluding hydrogens is 224 g/mol. The monoisotopic (exact) mass is 239 g/mol. The van der Waals surface area contributed by atoms with Gasteiger partial charge in [-0.25, -0.2) is 8.78 Å². The molecule has 92 valence electrons. The minimum absolute atomic E-state index is 0.103. The molecule has 1 aromatic carbocycles. The van der Waals surface area contributed by atoms with Crippen LogP contribution in [0.3, 0.4) is 0 Å². The third kappa shape index (κ3) is 2.52. The SMILES string of the molecule is Cc1ccc(C(=O)CC2CCCN2)c(F)c1F. The normalized spacial score (nSPS) is 19.6. The van der Waals surface area contributed by atoms with E-state index in [4.69, 9.17) is 0 Å². The summed E-state index contributed by atoms with van der Waals surface area (Å²) in [5, 5.41) is 3.17. The number of carbonyl (C=O) groups is 1. The topological polar surface area (TPSA) is 29.1 Å². The van der Waals surface area contributed by atoms with E-state index in [9.17, 15) is 13.6 Å². The van der Waals surface area contributed by atoms with Gasteiger partial charge >= 0.3 is 0 Å². The number of ketones is 1. The fourth-order valence-corrected chi connectivity index (χ4v) is 2.13. The van der Waals surface area contributed by atoms with Gasteiger partial charge in [0.05, 0.1) is 5.56 Å². The summed E-state index contributed by atoms with van der Waals surface area (Å²) in [6, 6.07) is 2.91. The van der Waals surface area contributed by atoms with Gasteiger partial charge in [0.25, 0.3) is 0 Å². The average Bonchev–Trinajstić information content (AvgIpc) is 2.78. The lowest BCUT2D eigenvalue weighted by atomic mass is 10.0. The zero-order valence-corrected chi connectivity index (χ0v) is 9.72. The molecule has 0 radical (unpaired) electrons. The van der Waals surface area contributed by atoms with Gasteiger partial charge in [0.15, 0.2) is 17.4 Å². The Hall–Kier alpha value is -1.29. The minimum atomic E-state index is -1.02. The third-order valence-electron chi connectivity index (χ3n) is 3.17. The Kier molecular flexibility index (Phi) is 3.52. The molecule has 17 heavy (non-hydrogen) atoms. The molecule has 1 aromatic rings. The lowest BCUT2D eigenvalue weighted by Gasteiger charge is -2.10. The molecule has 0 saturated carbocycles. The summed E-state index contributed by atoms with van der Waals surface area (Å²) in [5.74, 6) is -2.27. The van der Waals surface area contributed by atoms with E-state index in [1.807, 2.05) is 0 Å². The Labute approximate surface area is 99.0 Å². The number of carbonyl (C=O) groups excluding carboxylic acids is 1. The molecule has 2 rings (SSSR count). The minimum Gasteiger partial charge on any atom is -0.314 e. The van der Waals surface area contributed by atoms with Gasteiger partial charge in [0, 0.05) is 12.5 Å². The Morgan fingerprint density at radius 3 is 2.82 bits per heavy atom. The first-order chi connectivity index (χ1) is 8.09. The van der Waals surface area contributed by atoms with Crippen LogP contribution >= 0.6 is 0 Å². The molecule has 1 fully saturated rings. The van der Waals surface area contributed by atoms with Crippen LogP contribution in [0.25, 0.3) is 0 Å². The number of hydrogen-bond donors (Lipinski definition) is 1. The van der Waals surface area contributed by atoms with E-state index in [0.29, 0.717) is 0 Å². The molecule has 0 amide bonds. The summed E-state index contributed by atoms with van der Waals surface area (Å²) >= 11 is 0. The van der Waals surface area contributed by atoms with Crippen LogP contribution in [-0.2, 0) is 0 Å². The van der Waals surface area contributed by atoms with Gasteiger partial charge in [-0.05, 0) is 37.9 Å². The highest BCUT2D eigenvalue weighted by Crippen LogP contribution is 2.19. The third-order valence-corrected chi connectivity index (χ3v) is 3.17. The van der Waals surface area contributed by atoms with Gasteiger partial charge in [0.1, 0.15) is 0 Å². The Bertz CT molecular complexity index is 439. The van der Waals surface area contributed by atoms with Crippen molar-refractivity contribution in [1.82, 2.24) is 5.32 Å². The number of rotatable bonds is 3. The van der Waals surface area contributed by atoms with Gasteiger partial charge in [-0.1, -0.05) is 6.07 Å². The first-order valence-corrected chi connectivity index (χ1v) is 5.81. The second-order valence-corrected chi connectivity index (χ2v) is 4.48. The van der Waals surface area contributed by atoms with E-state index in [-0.39, 0.29) is 29.4 Å². The van der Waals surface area contributed by atoms with Crippen LogP contribution in [0.2, 0.25) is 0 Å². The smallest absolute Gasteiger partial charge is 0.169 e. The first kappa shape index (κ1) is 12.2. The van der Waals surface area contributed by atoms with Crippen molar-refractivity contribution in [2.24, 2.45) is 0 Å². The van der Waals surface area contributed by atoms with Gasteiger partial charge in [-0.3, -0.25) is 4.79 Å². The largest absolute Gasteiger partial charge is 0.314 e. The molecule has 4 heteroatoms. The van der Waals surface area contributed by atoms with Gasteiger partial charge in [-0.15, -0.1) is 0 Å². The number of Topliss-reactive ketones (excluding diaryl/α,β-unsaturated/α-hetero) is 1. The number of aryl methyl sites for hydroxylation is 1. The number of benzene rings is 1. The van der Waals surface area contributed by atoms with Crippen LogP contribution in [0.1, 0.15) is 35.2 Å². The number of hydrogen-bond acceptors (Lipinski definition) is 2. The van der Waals surface area contributed by atoms with Gasteiger partial charge in [0.2, 0.25) is 0 Å². The molecule has 0 aliphatic carbocycles. The predicted molar refractivity (Wildman–Crippen MR) is 61.1 cm³/mol. The fraction of sp³-hybridized carbons (Fsp3) is 0.462. The van der Waals surface area contributed by atoms with E-state index >= 15 is 0 Å². The zero-order chi connectivity index (χ0) is 12.4. The molecule has 1 aliphatic heterocycles. The molecule has 1 N–H and O–H groups in total. The summed E-state index contributed by atoms with van der Waals surface area (Å²) in [4.78, 5) is 11.8. The van der Waals surface area contributed by atoms with Crippen molar-refractivity contribution in [3.05, 3.63) is 34.9 Å². The van der Waals surface area contributed by atoms with Crippen LogP contribution in [0.5, 0.6) is 0 Å². The van der Waals surface area contributed by atoms with Crippen molar-refractivity contribution >= 4 is 5.78 Å². The molecule has 2 nitrogen and oxygen atoms in total. The highest BCUT2D eigenvalue weighted by atomic mass is 19.2. The van der Waals surface area contributed by atoms with Crippen LogP contribution in [0.15, 0.2) is 12.1 Å². The van der Waals surface area contributed by atoms with Gasteiger partial charge in [-0.2, -0.15) is 0 Å². The van der Waals surface area contributed by atoms with E-state index in [2.05, 4.69) is 5.32 Å². The highest BCUT2D eigenvalue weighted by Gasteiger charge is 2.22. The molecule has 1 aliphatic rings. The van der Waals surface area contributed by atoms with Crippen LogP contribution in [0.4, 0.5) is 8.78 Å². The summed E-state index contributed by atoms with van der Waals surface area (Å²) in [6.07, 6.45) is 2.18. The maximum atomic E-state index is 13.6. The maximum absolute atomic E-state index is 13.6. The first-order valence-electron chi connectivity index (χ1n) is 5.81. The summed E-state index contributed by atoms with van der Waals surface area (Å²) in [5.41, 5.74) is 0.0832. The molecule has 1 unspecified atom stereocenters. The standard InChI is InChI=1S/C13H15F2NO/c1-8-4-5-10(13(15)12(8)14)11(17)7-9-3-2-6-16-9/h4-5,9,16H,2-3,6-7H2,1H3. The van der Waals surface area contributed by atoms with Crippen molar-refractivity contribution in [3.63, 3.8) is 0 Å². The summed E-state index contributed by atoms with van der Waals surface area (Å²) in [6.45, 7) is 2.37. The van der Waals surface area contributed by atoms with Crippen LogP contribution in [0, 0.1) is 18.6 Å².